The van der Waals surface area contributed by atoms with Crippen LogP contribution >= 0.6 is 0 Å². The summed E-state index contributed by atoms with van der Waals surface area (Å²) in [6.45, 7) is 1.34. The topological polar surface area (TPSA) is 86.2 Å². The van der Waals surface area contributed by atoms with Gasteiger partial charge in [-0.25, -0.2) is 0 Å². The minimum Gasteiger partial charge on any atom is -0.324 e. The molecule has 0 aromatic rings. The molecule has 58 valence electrons. The van der Waals surface area contributed by atoms with E-state index in [-0.39, 0.29) is 24.7 Å². The van der Waals surface area contributed by atoms with Crippen LogP contribution in [0.3, 0.4) is 0 Å². The lowest BCUT2D eigenvalue weighted by atomic mass is 10.0. The second-order valence-electron chi connectivity index (χ2n) is 2.06. The number of hydrogen-bond donors (Lipinski definition) is 2. The van der Waals surface area contributed by atoms with Crippen molar-refractivity contribution in [1.82, 2.24) is 0 Å². The van der Waals surface area contributed by atoms with Crippen LogP contribution in [-0.2, 0) is 9.59 Å². The van der Waals surface area contributed by atoms with Crippen molar-refractivity contribution in [3.05, 3.63) is 0 Å². The Hall–Kier alpha value is -0.740. The molecule has 4 nitrogen and oxygen atoms in total. The zero-order chi connectivity index (χ0) is 8.15. The van der Waals surface area contributed by atoms with Gasteiger partial charge in [0.2, 0.25) is 0 Å². The summed E-state index contributed by atoms with van der Waals surface area (Å²) in [5.74, 6) is -1.14. The minimum atomic E-state index is -0.630. The second-order valence-corrected chi connectivity index (χ2v) is 2.06. The fourth-order valence-corrected chi connectivity index (χ4v) is 0.533. The first-order valence-electron chi connectivity index (χ1n) is 3.09. The van der Waals surface area contributed by atoms with Gasteiger partial charge in [-0.3, -0.25) is 9.59 Å². The molecule has 0 rings (SSSR count). The fourth-order valence-electron chi connectivity index (χ4n) is 0.533. The molecule has 0 unspecified atom stereocenters. The molecular formula is C6H12N2O2. The van der Waals surface area contributed by atoms with Gasteiger partial charge >= 0.3 is 0 Å². The molecule has 0 aliphatic carbocycles. The molecule has 0 amide bonds. The van der Waals surface area contributed by atoms with Gasteiger partial charge in [0.15, 0.2) is 11.6 Å². The van der Waals surface area contributed by atoms with E-state index in [9.17, 15) is 9.59 Å². The van der Waals surface area contributed by atoms with Crippen molar-refractivity contribution in [1.29, 1.82) is 0 Å². The average molecular weight is 144 g/mol. The maximum absolute atomic E-state index is 10.7. The Bertz CT molecular complexity index is 129. The molecule has 0 fully saturated rings. The summed E-state index contributed by atoms with van der Waals surface area (Å²) in [5.41, 5.74) is 10.0. The molecule has 0 saturated heterocycles. The SMILES string of the molecule is CC(C(=O)CN)C(=O)CN. The Morgan fingerprint density at radius 1 is 1.20 bits per heavy atom. The second kappa shape index (κ2) is 4.14. The Labute approximate surface area is 59.6 Å². The summed E-state index contributed by atoms with van der Waals surface area (Å²) in [4.78, 5) is 21.4. The van der Waals surface area contributed by atoms with Crippen LogP contribution in [0.15, 0.2) is 0 Å². The summed E-state index contributed by atoms with van der Waals surface area (Å²) in [7, 11) is 0. The molecule has 0 aromatic heterocycles. The summed E-state index contributed by atoms with van der Waals surface area (Å²) in [6, 6.07) is 0. The summed E-state index contributed by atoms with van der Waals surface area (Å²) < 4.78 is 0. The number of nitrogens with two attached hydrogens (primary N) is 2. The Morgan fingerprint density at radius 2 is 1.50 bits per heavy atom. The zero-order valence-corrected chi connectivity index (χ0v) is 5.96. The van der Waals surface area contributed by atoms with Gasteiger partial charge in [0.25, 0.3) is 0 Å². The highest BCUT2D eigenvalue weighted by Gasteiger charge is 2.17. The first kappa shape index (κ1) is 9.26. The van der Waals surface area contributed by atoms with Gasteiger partial charge < -0.3 is 11.5 Å². The number of hydrogen-bond acceptors (Lipinski definition) is 4. The predicted octanol–water partition coefficient (Wildman–Crippen LogP) is -1.32. The van der Waals surface area contributed by atoms with Crippen LogP contribution in [-0.4, -0.2) is 24.7 Å². The Morgan fingerprint density at radius 3 is 1.70 bits per heavy atom. The van der Waals surface area contributed by atoms with Crippen molar-refractivity contribution in [2.45, 2.75) is 6.92 Å². The molecule has 0 saturated carbocycles. The lowest BCUT2D eigenvalue weighted by molar-refractivity contribution is -0.130. The third-order valence-corrected chi connectivity index (χ3v) is 1.37. The smallest absolute Gasteiger partial charge is 0.156 e. The van der Waals surface area contributed by atoms with Gasteiger partial charge in [0, 0.05) is 0 Å². The summed E-state index contributed by atoms with van der Waals surface area (Å²) >= 11 is 0. The van der Waals surface area contributed by atoms with E-state index in [1.165, 1.54) is 6.92 Å². The van der Waals surface area contributed by atoms with Crippen LogP contribution in [0.5, 0.6) is 0 Å². The van der Waals surface area contributed by atoms with E-state index >= 15 is 0 Å². The number of ketones is 2. The Balaban J connectivity index is 3.94. The molecule has 0 radical (unpaired) electrons. The summed E-state index contributed by atoms with van der Waals surface area (Å²) in [6.07, 6.45) is 0. The molecule has 0 bridgehead atoms. The Kier molecular flexibility index (Phi) is 3.83. The predicted molar refractivity (Wildman–Crippen MR) is 37.3 cm³/mol. The van der Waals surface area contributed by atoms with E-state index in [1.54, 1.807) is 0 Å². The molecule has 0 atom stereocenters. The molecular weight excluding hydrogens is 132 g/mol. The average Bonchev–Trinajstić information content (AvgIpc) is 2.00. The van der Waals surface area contributed by atoms with E-state index in [1.807, 2.05) is 0 Å². The van der Waals surface area contributed by atoms with Crippen molar-refractivity contribution in [3.8, 4) is 0 Å². The van der Waals surface area contributed by atoms with Crippen molar-refractivity contribution in [2.24, 2.45) is 17.4 Å². The van der Waals surface area contributed by atoms with Gasteiger partial charge in [-0.1, -0.05) is 0 Å². The van der Waals surface area contributed by atoms with E-state index in [0.717, 1.165) is 0 Å². The van der Waals surface area contributed by atoms with E-state index in [4.69, 9.17) is 11.5 Å². The van der Waals surface area contributed by atoms with Crippen molar-refractivity contribution < 1.29 is 9.59 Å². The minimum absolute atomic E-state index is 0.0904. The van der Waals surface area contributed by atoms with Crippen molar-refractivity contribution in [2.75, 3.05) is 13.1 Å². The molecule has 0 aromatic carbocycles. The number of rotatable bonds is 4. The summed E-state index contributed by atoms with van der Waals surface area (Å²) in [5, 5.41) is 0. The van der Waals surface area contributed by atoms with Gasteiger partial charge in [-0.2, -0.15) is 0 Å². The third kappa shape index (κ3) is 2.24. The lowest BCUT2D eigenvalue weighted by Gasteiger charge is -2.04. The molecule has 10 heavy (non-hydrogen) atoms. The highest BCUT2D eigenvalue weighted by molar-refractivity contribution is 6.03. The van der Waals surface area contributed by atoms with Crippen LogP contribution in [0, 0.1) is 5.92 Å². The molecule has 0 aliphatic rings. The van der Waals surface area contributed by atoms with Gasteiger partial charge in [-0.05, 0) is 6.92 Å². The number of Topliss-reactive ketones (excluding diaryl/α,β-unsaturated/α-hetero) is 2. The fraction of sp³-hybridized carbons (Fsp3) is 0.667. The molecule has 4 N–H and O–H groups in total. The van der Waals surface area contributed by atoms with Crippen LogP contribution in [0.2, 0.25) is 0 Å². The van der Waals surface area contributed by atoms with Gasteiger partial charge in [0.05, 0.1) is 19.0 Å². The maximum atomic E-state index is 10.7. The zero-order valence-electron chi connectivity index (χ0n) is 5.96. The lowest BCUT2D eigenvalue weighted by Crippen LogP contribution is -2.31. The number of carbonyl (C=O) groups is 2. The first-order chi connectivity index (χ1) is 4.63. The third-order valence-electron chi connectivity index (χ3n) is 1.37. The first-order valence-corrected chi connectivity index (χ1v) is 3.09. The van der Waals surface area contributed by atoms with Gasteiger partial charge in [-0.15, -0.1) is 0 Å². The molecule has 0 heterocycles. The highest BCUT2D eigenvalue weighted by atomic mass is 16.2. The van der Waals surface area contributed by atoms with Crippen LogP contribution in [0.4, 0.5) is 0 Å². The van der Waals surface area contributed by atoms with Crippen LogP contribution < -0.4 is 11.5 Å². The van der Waals surface area contributed by atoms with Gasteiger partial charge in [0.1, 0.15) is 0 Å². The van der Waals surface area contributed by atoms with Crippen LogP contribution in [0.25, 0.3) is 0 Å². The van der Waals surface area contributed by atoms with E-state index in [0.29, 0.717) is 0 Å². The van der Waals surface area contributed by atoms with Crippen LogP contribution in [0.1, 0.15) is 6.92 Å². The van der Waals surface area contributed by atoms with Crippen molar-refractivity contribution in [3.63, 3.8) is 0 Å². The van der Waals surface area contributed by atoms with E-state index < -0.39 is 5.92 Å². The normalized spacial score (nSPS) is 10.0. The largest absolute Gasteiger partial charge is 0.324 e. The van der Waals surface area contributed by atoms with E-state index in [2.05, 4.69) is 0 Å². The van der Waals surface area contributed by atoms with Crippen molar-refractivity contribution >= 4 is 11.6 Å². The molecule has 4 heteroatoms. The highest BCUT2D eigenvalue weighted by Crippen LogP contribution is 1.95. The quantitative estimate of drug-likeness (QED) is 0.479. The monoisotopic (exact) mass is 144 g/mol. The molecule has 0 spiro atoms. The standard InChI is InChI=1S/C6H12N2O2/c1-4(5(9)2-7)6(10)3-8/h4H,2-3,7-8H2,1H3. The maximum Gasteiger partial charge on any atom is 0.156 e. The molecule has 0 aliphatic heterocycles. The number of carbonyl (C=O) groups excluding carboxylic acids is 2.